The van der Waals surface area contributed by atoms with E-state index in [-0.39, 0.29) is 18.4 Å². The third kappa shape index (κ3) is 5.01. The Morgan fingerprint density at radius 2 is 1.82 bits per heavy atom. The van der Waals surface area contributed by atoms with Gasteiger partial charge in [-0.3, -0.25) is 4.90 Å². The van der Waals surface area contributed by atoms with Crippen molar-refractivity contribution in [1.29, 1.82) is 0 Å². The lowest BCUT2D eigenvalue weighted by Crippen LogP contribution is -2.49. The van der Waals surface area contributed by atoms with Gasteiger partial charge in [0.2, 0.25) is 0 Å². The van der Waals surface area contributed by atoms with E-state index in [0.29, 0.717) is 19.1 Å². The molecule has 1 atom stereocenters. The zero-order valence-electron chi connectivity index (χ0n) is 17.6. The molecule has 8 heteroatoms. The third-order valence-electron chi connectivity index (χ3n) is 5.38. The number of rotatable bonds is 7. The van der Waals surface area contributed by atoms with Crippen LogP contribution in [0.4, 0.5) is 5.69 Å². The van der Waals surface area contributed by atoms with Crippen LogP contribution in [0.1, 0.15) is 36.8 Å². The van der Waals surface area contributed by atoms with Crippen LogP contribution < -0.4 is 4.90 Å². The van der Waals surface area contributed by atoms with Gasteiger partial charge in [0.1, 0.15) is 0 Å². The summed E-state index contributed by atoms with van der Waals surface area (Å²) in [7, 11) is 1.70. The van der Waals surface area contributed by atoms with Crippen molar-refractivity contribution in [2.24, 2.45) is 5.92 Å². The minimum Gasteiger partial charge on any atom is -0.383 e. The summed E-state index contributed by atoms with van der Waals surface area (Å²) in [5.41, 5.74) is 4.02. The number of benzene rings is 1. The molecule has 0 saturated carbocycles. The summed E-state index contributed by atoms with van der Waals surface area (Å²) >= 11 is 0. The van der Waals surface area contributed by atoms with Gasteiger partial charge >= 0.3 is 0 Å². The first-order valence-corrected chi connectivity index (χ1v) is 9.82. The van der Waals surface area contributed by atoms with Crippen LogP contribution in [0, 0.1) is 19.8 Å². The van der Waals surface area contributed by atoms with Crippen molar-refractivity contribution in [3.05, 3.63) is 35.2 Å². The maximum atomic E-state index is 5.20. The molecule has 7 nitrogen and oxygen atoms in total. The van der Waals surface area contributed by atoms with Crippen LogP contribution in [-0.2, 0) is 11.3 Å². The molecule has 28 heavy (non-hydrogen) atoms. The number of piperazine rings is 1. The molecule has 0 N–H and O–H groups in total. The van der Waals surface area contributed by atoms with Gasteiger partial charge in [0.15, 0.2) is 5.82 Å². The molecular weight excluding hydrogens is 376 g/mol. The van der Waals surface area contributed by atoms with Gasteiger partial charge in [-0.25, -0.2) is 4.68 Å². The number of tetrazole rings is 1. The molecule has 3 rings (SSSR count). The molecule has 1 aliphatic rings. The highest BCUT2D eigenvalue weighted by Gasteiger charge is 2.31. The van der Waals surface area contributed by atoms with Gasteiger partial charge < -0.3 is 9.64 Å². The molecule has 0 bridgehead atoms. The summed E-state index contributed by atoms with van der Waals surface area (Å²) in [6.07, 6.45) is 0. The van der Waals surface area contributed by atoms with Crippen LogP contribution in [0.5, 0.6) is 0 Å². The Hall–Kier alpha value is -1.70. The molecule has 2 heterocycles. The van der Waals surface area contributed by atoms with E-state index in [9.17, 15) is 0 Å². The van der Waals surface area contributed by atoms with Crippen LogP contribution in [-0.4, -0.2) is 65.0 Å². The van der Waals surface area contributed by atoms with Crippen molar-refractivity contribution in [3.63, 3.8) is 0 Å². The number of aromatic nitrogens is 4. The summed E-state index contributed by atoms with van der Waals surface area (Å²) in [6.45, 7) is 14.2. The zero-order valence-corrected chi connectivity index (χ0v) is 18.4. The van der Waals surface area contributed by atoms with Crippen molar-refractivity contribution in [2.45, 2.75) is 40.3 Å². The largest absolute Gasteiger partial charge is 0.383 e. The van der Waals surface area contributed by atoms with Gasteiger partial charge in [-0.05, 0) is 47.4 Å². The lowest BCUT2D eigenvalue weighted by molar-refractivity contribution is 0.129. The molecule has 1 unspecified atom stereocenters. The van der Waals surface area contributed by atoms with Crippen molar-refractivity contribution in [1.82, 2.24) is 25.1 Å². The quantitative estimate of drug-likeness (QED) is 0.702. The lowest BCUT2D eigenvalue weighted by Gasteiger charge is -2.41. The maximum absolute atomic E-state index is 5.20. The highest BCUT2D eigenvalue weighted by atomic mass is 35.5. The molecule has 0 aliphatic carbocycles. The predicted molar refractivity (Wildman–Crippen MR) is 114 cm³/mol. The summed E-state index contributed by atoms with van der Waals surface area (Å²) in [6, 6.07) is 6.93. The average molecular weight is 409 g/mol. The number of ether oxygens (including phenoxy) is 1. The predicted octanol–water partition coefficient (Wildman–Crippen LogP) is 2.88. The summed E-state index contributed by atoms with van der Waals surface area (Å²) in [5.74, 6) is 1.38. The molecule has 0 spiro atoms. The topological polar surface area (TPSA) is 59.3 Å². The Labute approximate surface area is 174 Å². The second-order valence-corrected chi connectivity index (χ2v) is 7.75. The van der Waals surface area contributed by atoms with E-state index in [0.717, 1.165) is 32.0 Å². The first kappa shape index (κ1) is 22.6. The summed E-state index contributed by atoms with van der Waals surface area (Å²) in [4.78, 5) is 5.03. The van der Waals surface area contributed by atoms with Crippen LogP contribution in [0.3, 0.4) is 0 Å². The SMILES string of the molecule is COCCn1nnnc1C(C(C)C)N1CCN(c2cc(C)ccc2C)CC1.Cl. The smallest absolute Gasteiger partial charge is 0.168 e. The number of aryl methyl sites for hydroxylation is 2. The molecule has 0 amide bonds. The van der Waals surface area contributed by atoms with Crippen LogP contribution in [0.25, 0.3) is 0 Å². The van der Waals surface area contributed by atoms with Crippen molar-refractivity contribution < 1.29 is 4.74 Å². The maximum Gasteiger partial charge on any atom is 0.168 e. The Balaban J connectivity index is 0.00000280. The minimum absolute atomic E-state index is 0. The van der Waals surface area contributed by atoms with E-state index < -0.39 is 0 Å². The Morgan fingerprint density at radius 1 is 1.11 bits per heavy atom. The van der Waals surface area contributed by atoms with Crippen molar-refractivity contribution in [2.75, 3.05) is 44.8 Å². The minimum atomic E-state index is 0. The standard InChI is InChI=1S/C20H32N6O.ClH/c1-15(2)19(20-21-22-23-26(20)12-13-27-5)25-10-8-24(9-11-25)18-14-16(3)6-7-17(18)4;/h6-7,14-15,19H,8-13H2,1-5H3;1H. The molecule has 156 valence electrons. The van der Waals surface area contributed by atoms with E-state index >= 15 is 0 Å². The highest BCUT2D eigenvalue weighted by molar-refractivity contribution is 5.85. The first-order valence-electron chi connectivity index (χ1n) is 9.82. The van der Waals surface area contributed by atoms with E-state index in [2.05, 4.69) is 71.2 Å². The number of hydrogen-bond donors (Lipinski definition) is 0. The van der Waals surface area contributed by atoms with Crippen molar-refractivity contribution in [3.8, 4) is 0 Å². The fourth-order valence-corrected chi connectivity index (χ4v) is 3.94. The van der Waals surface area contributed by atoms with Gasteiger partial charge in [-0.15, -0.1) is 17.5 Å². The molecule has 1 aliphatic heterocycles. The van der Waals surface area contributed by atoms with Gasteiger partial charge in [0.05, 0.1) is 19.2 Å². The average Bonchev–Trinajstić information content (AvgIpc) is 3.10. The first-order chi connectivity index (χ1) is 13.0. The second kappa shape index (κ2) is 10.2. The van der Waals surface area contributed by atoms with Gasteiger partial charge in [-0.2, -0.15) is 0 Å². The summed E-state index contributed by atoms with van der Waals surface area (Å²) < 4.78 is 7.10. The lowest BCUT2D eigenvalue weighted by atomic mass is 10.00. The number of halogens is 1. The molecule has 2 aromatic rings. The Kier molecular flexibility index (Phi) is 8.22. The van der Waals surface area contributed by atoms with Crippen LogP contribution in [0.2, 0.25) is 0 Å². The fraction of sp³-hybridized carbons (Fsp3) is 0.650. The van der Waals surface area contributed by atoms with Crippen LogP contribution >= 0.6 is 12.4 Å². The Bertz CT molecular complexity index is 742. The normalized spacial score (nSPS) is 16.3. The monoisotopic (exact) mass is 408 g/mol. The molecular formula is C20H33ClN6O. The van der Waals surface area contributed by atoms with E-state index in [1.165, 1.54) is 16.8 Å². The number of methoxy groups -OCH3 is 1. The molecule has 0 radical (unpaired) electrons. The Morgan fingerprint density at radius 3 is 2.46 bits per heavy atom. The molecule has 1 aromatic carbocycles. The second-order valence-electron chi connectivity index (χ2n) is 7.75. The zero-order chi connectivity index (χ0) is 19.4. The van der Waals surface area contributed by atoms with Gasteiger partial charge in [0.25, 0.3) is 0 Å². The molecule has 1 aromatic heterocycles. The van der Waals surface area contributed by atoms with Crippen LogP contribution in [0.15, 0.2) is 18.2 Å². The van der Waals surface area contributed by atoms with Gasteiger partial charge in [0, 0.05) is 39.0 Å². The summed E-state index contributed by atoms with van der Waals surface area (Å²) in [5, 5.41) is 12.5. The van der Waals surface area contributed by atoms with E-state index in [1.54, 1.807) is 7.11 Å². The fourth-order valence-electron chi connectivity index (χ4n) is 3.94. The number of nitrogens with zero attached hydrogens (tertiary/aromatic N) is 6. The van der Waals surface area contributed by atoms with Gasteiger partial charge in [-0.1, -0.05) is 26.0 Å². The van der Waals surface area contributed by atoms with E-state index in [4.69, 9.17) is 4.74 Å². The third-order valence-corrected chi connectivity index (χ3v) is 5.38. The highest BCUT2D eigenvalue weighted by Crippen LogP contribution is 2.30. The molecule has 1 saturated heterocycles. The number of anilines is 1. The number of hydrogen-bond acceptors (Lipinski definition) is 6. The molecule has 1 fully saturated rings. The van der Waals surface area contributed by atoms with Crippen molar-refractivity contribution >= 4 is 18.1 Å². The van der Waals surface area contributed by atoms with E-state index in [1.807, 2.05) is 4.68 Å².